The minimum atomic E-state index is -0.947. The van der Waals surface area contributed by atoms with Crippen molar-refractivity contribution < 1.29 is 24.8 Å². The van der Waals surface area contributed by atoms with Crippen molar-refractivity contribution in [2.45, 2.75) is 6.10 Å². The maximum absolute atomic E-state index is 10.3. The number of aliphatic hydroxyl groups is 1. The maximum atomic E-state index is 10.3. The third kappa shape index (κ3) is 3.52. The van der Waals surface area contributed by atoms with Gasteiger partial charge in [-0.1, -0.05) is 60.7 Å². The van der Waals surface area contributed by atoms with E-state index in [0.717, 1.165) is 21.5 Å². The molecule has 0 saturated carbocycles. The SMILES string of the molecule is Oc1ccc2ccccc2c1OCC(O)COc1c(O)ccc2ccccc12. The molecule has 0 atom stereocenters. The zero-order chi connectivity index (χ0) is 19.5. The van der Waals surface area contributed by atoms with Gasteiger partial charge in [-0.25, -0.2) is 0 Å². The summed E-state index contributed by atoms with van der Waals surface area (Å²) in [7, 11) is 0. The van der Waals surface area contributed by atoms with Gasteiger partial charge in [0.2, 0.25) is 0 Å². The quantitative estimate of drug-likeness (QED) is 0.469. The fourth-order valence-corrected chi connectivity index (χ4v) is 3.17. The van der Waals surface area contributed by atoms with Crippen LogP contribution in [0.1, 0.15) is 0 Å². The number of phenolic OH excluding ortho intramolecular Hbond substituents is 2. The van der Waals surface area contributed by atoms with E-state index in [1.54, 1.807) is 24.3 Å². The molecular weight excluding hydrogens is 356 g/mol. The molecule has 0 unspecified atom stereocenters. The Morgan fingerprint density at radius 1 is 0.607 bits per heavy atom. The number of hydrogen-bond donors (Lipinski definition) is 3. The first-order chi connectivity index (χ1) is 13.6. The Kier molecular flexibility index (Phi) is 4.91. The van der Waals surface area contributed by atoms with Gasteiger partial charge >= 0.3 is 0 Å². The lowest BCUT2D eigenvalue weighted by atomic mass is 10.1. The molecule has 0 aliphatic rings. The van der Waals surface area contributed by atoms with E-state index >= 15 is 0 Å². The molecule has 0 saturated heterocycles. The molecule has 4 rings (SSSR count). The van der Waals surface area contributed by atoms with Crippen LogP contribution in [-0.2, 0) is 0 Å². The van der Waals surface area contributed by atoms with E-state index in [9.17, 15) is 15.3 Å². The minimum Gasteiger partial charge on any atom is -0.504 e. The summed E-state index contributed by atoms with van der Waals surface area (Å²) in [6.07, 6.45) is -0.947. The van der Waals surface area contributed by atoms with Crippen LogP contribution in [0.5, 0.6) is 23.0 Å². The highest BCUT2D eigenvalue weighted by molar-refractivity contribution is 5.91. The molecule has 5 nitrogen and oxygen atoms in total. The van der Waals surface area contributed by atoms with Gasteiger partial charge < -0.3 is 24.8 Å². The van der Waals surface area contributed by atoms with Crippen molar-refractivity contribution in [2.24, 2.45) is 0 Å². The first kappa shape index (κ1) is 17.9. The molecule has 0 spiro atoms. The number of fused-ring (bicyclic) bond motifs is 2. The lowest BCUT2D eigenvalue weighted by molar-refractivity contribution is 0.0619. The predicted octanol–water partition coefficient (Wildman–Crippen LogP) is 4.22. The van der Waals surface area contributed by atoms with E-state index < -0.39 is 6.10 Å². The highest BCUT2D eigenvalue weighted by Crippen LogP contribution is 2.36. The van der Waals surface area contributed by atoms with Crippen LogP contribution in [0.4, 0.5) is 0 Å². The number of ether oxygens (including phenoxy) is 2. The van der Waals surface area contributed by atoms with Gasteiger partial charge in [-0.15, -0.1) is 0 Å². The summed E-state index contributed by atoms with van der Waals surface area (Å²) >= 11 is 0. The Labute approximate surface area is 162 Å². The maximum Gasteiger partial charge on any atom is 0.168 e. The van der Waals surface area contributed by atoms with Gasteiger partial charge in [-0.05, 0) is 22.9 Å². The van der Waals surface area contributed by atoms with Crippen molar-refractivity contribution in [1.29, 1.82) is 0 Å². The van der Waals surface area contributed by atoms with Crippen LogP contribution in [0.25, 0.3) is 21.5 Å². The summed E-state index contributed by atoms with van der Waals surface area (Å²) in [4.78, 5) is 0. The van der Waals surface area contributed by atoms with Crippen molar-refractivity contribution in [3.05, 3.63) is 72.8 Å². The van der Waals surface area contributed by atoms with E-state index in [4.69, 9.17) is 9.47 Å². The fourth-order valence-electron chi connectivity index (χ4n) is 3.17. The summed E-state index contributed by atoms with van der Waals surface area (Å²) < 4.78 is 11.4. The van der Waals surface area contributed by atoms with Gasteiger partial charge in [0, 0.05) is 10.8 Å². The topological polar surface area (TPSA) is 79.2 Å². The summed E-state index contributed by atoms with van der Waals surface area (Å²) in [5, 5.41) is 33.9. The van der Waals surface area contributed by atoms with Gasteiger partial charge in [-0.2, -0.15) is 0 Å². The van der Waals surface area contributed by atoms with Crippen LogP contribution in [0.15, 0.2) is 72.8 Å². The Balaban J connectivity index is 1.46. The second-order valence-electron chi connectivity index (χ2n) is 6.55. The van der Waals surface area contributed by atoms with Gasteiger partial charge in [-0.3, -0.25) is 0 Å². The molecule has 0 amide bonds. The second kappa shape index (κ2) is 7.66. The summed E-state index contributed by atoms with van der Waals surface area (Å²) in [6.45, 7) is -0.125. The summed E-state index contributed by atoms with van der Waals surface area (Å²) in [5.74, 6) is 0.673. The third-order valence-electron chi connectivity index (χ3n) is 4.56. The van der Waals surface area contributed by atoms with Gasteiger partial charge in [0.25, 0.3) is 0 Å². The Morgan fingerprint density at radius 3 is 1.50 bits per heavy atom. The normalized spacial score (nSPS) is 11.2. The van der Waals surface area contributed by atoms with E-state index in [-0.39, 0.29) is 24.7 Å². The molecule has 4 aromatic carbocycles. The summed E-state index contributed by atoms with van der Waals surface area (Å²) in [6, 6.07) is 21.8. The highest BCUT2D eigenvalue weighted by Gasteiger charge is 2.14. The van der Waals surface area contributed by atoms with Gasteiger partial charge in [0.1, 0.15) is 19.3 Å². The van der Waals surface area contributed by atoms with Gasteiger partial charge in [0.15, 0.2) is 23.0 Å². The number of benzene rings is 4. The molecule has 0 bridgehead atoms. The first-order valence-electron chi connectivity index (χ1n) is 8.98. The molecule has 0 aromatic heterocycles. The first-order valence-corrected chi connectivity index (χ1v) is 8.98. The monoisotopic (exact) mass is 376 g/mol. The molecule has 0 aliphatic carbocycles. The Morgan fingerprint density at radius 2 is 1.04 bits per heavy atom. The molecule has 5 heteroatoms. The molecule has 0 radical (unpaired) electrons. The van der Waals surface area contributed by atoms with Crippen LogP contribution < -0.4 is 9.47 Å². The predicted molar refractivity (Wildman–Crippen MR) is 108 cm³/mol. The van der Waals surface area contributed by atoms with E-state index in [1.807, 2.05) is 48.5 Å². The molecule has 3 N–H and O–H groups in total. The van der Waals surface area contributed by atoms with E-state index in [1.165, 1.54) is 0 Å². The third-order valence-corrected chi connectivity index (χ3v) is 4.56. The van der Waals surface area contributed by atoms with Crippen molar-refractivity contribution in [3.8, 4) is 23.0 Å². The van der Waals surface area contributed by atoms with E-state index in [0.29, 0.717) is 11.5 Å². The molecular formula is C23H20O5. The lowest BCUT2D eigenvalue weighted by Crippen LogP contribution is -2.25. The van der Waals surface area contributed by atoms with Gasteiger partial charge in [0.05, 0.1) is 0 Å². The molecule has 0 heterocycles. The van der Waals surface area contributed by atoms with Crippen LogP contribution in [-0.4, -0.2) is 34.6 Å². The Bertz CT molecular complexity index is 1030. The van der Waals surface area contributed by atoms with Crippen LogP contribution in [0, 0.1) is 0 Å². The van der Waals surface area contributed by atoms with Crippen molar-refractivity contribution in [2.75, 3.05) is 13.2 Å². The zero-order valence-electron chi connectivity index (χ0n) is 15.1. The number of aliphatic hydroxyl groups excluding tert-OH is 1. The molecule has 142 valence electrons. The average molecular weight is 376 g/mol. The number of hydrogen-bond acceptors (Lipinski definition) is 5. The molecule has 28 heavy (non-hydrogen) atoms. The fraction of sp³-hybridized carbons (Fsp3) is 0.130. The van der Waals surface area contributed by atoms with E-state index in [2.05, 4.69) is 0 Å². The van der Waals surface area contributed by atoms with Crippen molar-refractivity contribution in [1.82, 2.24) is 0 Å². The van der Waals surface area contributed by atoms with Crippen LogP contribution in [0.2, 0.25) is 0 Å². The zero-order valence-corrected chi connectivity index (χ0v) is 15.1. The Hall–Kier alpha value is -3.44. The van der Waals surface area contributed by atoms with Crippen molar-refractivity contribution >= 4 is 21.5 Å². The molecule has 4 aromatic rings. The average Bonchev–Trinajstić information content (AvgIpc) is 2.72. The van der Waals surface area contributed by atoms with Crippen molar-refractivity contribution in [3.63, 3.8) is 0 Å². The minimum absolute atomic E-state index is 0.0125. The number of aromatic hydroxyl groups is 2. The number of rotatable bonds is 6. The smallest absolute Gasteiger partial charge is 0.168 e. The summed E-state index contributed by atoms with van der Waals surface area (Å²) in [5.41, 5.74) is 0. The van der Waals surface area contributed by atoms with Crippen LogP contribution >= 0.6 is 0 Å². The highest BCUT2D eigenvalue weighted by atomic mass is 16.5. The number of phenols is 2. The standard InChI is InChI=1S/C23H20O5/c24-17(13-27-22-18-7-3-1-5-15(18)9-11-20(22)25)14-28-23-19-8-4-2-6-16(19)10-12-21(23)26/h1-12,17,24-26H,13-14H2. The molecule has 0 fully saturated rings. The second-order valence-corrected chi connectivity index (χ2v) is 6.55. The largest absolute Gasteiger partial charge is 0.504 e. The van der Waals surface area contributed by atoms with Crippen LogP contribution in [0.3, 0.4) is 0 Å². The molecule has 0 aliphatic heterocycles. The lowest BCUT2D eigenvalue weighted by Gasteiger charge is -2.17.